The molecule has 0 aliphatic carbocycles. The predicted molar refractivity (Wildman–Crippen MR) is 59.6 cm³/mol. The second-order valence-electron chi connectivity index (χ2n) is 3.79. The normalized spacial score (nSPS) is 22.5. The van der Waals surface area contributed by atoms with Crippen molar-refractivity contribution in [3.8, 4) is 0 Å². The lowest BCUT2D eigenvalue weighted by Crippen LogP contribution is -2.42. The van der Waals surface area contributed by atoms with Gasteiger partial charge in [-0.05, 0) is 26.3 Å². The van der Waals surface area contributed by atoms with Gasteiger partial charge in [0.05, 0.1) is 0 Å². The third kappa shape index (κ3) is 2.77. The van der Waals surface area contributed by atoms with E-state index in [-0.39, 0.29) is 0 Å². The number of hydrogen-bond donors (Lipinski definition) is 2. The fourth-order valence-corrected chi connectivity index (χ4v) is 2.48. The summed E-state index contributed by atoms with van der Waals surface area (Å²) in [7, 11) is 0. The van der Waals surface area contributed by atoms with Crippen LogP contribution in [-0.4, -0.2) is 24.1 Å². The minimum Gasteiger partial charge on any atom is -0.315 e. The van der Waals surface area contributed by atoms with Crippen molar-refractivity contribution in [1.29, 1.82) is 0 Å². The third-order valence-corrected chi connectivity index (χ3v) is 3.42. The van der Waals surface area contributed by atoms with Gasteiger partial charge in [0, 0.05) is 30.2 Å². The van der Waals surface area contributed by atoms with E-state index in [1.807, 2.05) is 6.20 Å². The van der Waals surface area contributed by atoms with Gasteiger partial charge in [0.1, 0.15) is 5.01 Å². The van der Waals surface area contributed by atoms with Crippen molar-refractivity contribution in [2.24, 2.45) is 0 Å². The molecule has 0 radical (unpaired) electrons. The maximum atomic E-state index is 4.34. The zero-order valence-electron chi connectivity index (χ0n) is 8.55. The smallest absolute Gasteiger partial charge is 0.107 e. The molecule has 0 saturated carbocycles. The first kappa shape index (κ1) is 10.1. The summed E-state index contributed by atoms with van der Waals surface area (Å²) in [5, 5.41) is 8.14. The van der Waals surface area contributed by atoms with Crippen LogP contribution in [0.25, 0.3) is 0 Å². The number of aryl methyl sites for hydroxylation is 1. The molecule has 2 N–H and O–H groups in total. The topological polar surface area (TPSA) is 37.0 Å². The summed E-state index contributed by atoms with van der Waals surface area (Å²) in [6.45, 7) is 5.30. The van der Waals surface area contributed by atoms with E-state index >= 15 is 0 Å². The van der Waals surface area contributed by atoms with Crippen LogP contribution in [0.5, 0.6) is 0 Å². The molecule has 1 aromatic heterocycles. The highest BCUT2D eigenvalue weighted by atomic mass is 32.1. The number of thiazole rings is 1. The Hall–Kier alpha value is -0.450. The lowest BCUT2D eigenvalue weighted by Gasteiger charge is -2.23. The maximum Gasteiger partial charge on any atom is 0.107 e. The fourth-order valence-electron chi connectivity index (χ4n) is 1.74. The molecule has 1 aliphatic heterocycles. The lowest BCUT2D eigenvalue weighted by molar-refractivity contribution is 0.389. The van der Waals surface area contributed by atoms with Gasteiger partial charge in [-0.25, -0.2) is 4.98 Å². The van der Waals surface area contributed by atoms with Gasteiger partial charge >= 0.3 is 0 Å². The molecule has 1 aliphatic rings. The molecule has 1 atom stereocenters. The van der Waals surface area contributed by atoms with Gasteiger partial charge in [0.25, 0.3) is 0 Å². The van der Waals surface area contributed by atoms with Crippen molar-refractivity contribution in [2.75, 3.05) is 13.1 Å². The Morgan fingerprint density at radius 3 is 3.29 bits per heavy atom. The van der Waals surface area contributed by atoms with E-state index in [9.17, 15) is 0 Å². The van der Waals surface area contributed by atoms with Crippen LogP contribution in [-0.2, 0) is 6.54 Å². The zero-order valence-corrected chi connectivity index (χ0v) is 9.36. The fraction of sp³-hybridized carbons (Fsp3) is 0.700. The van der Waals surface area contributed by atoms with Gasteiger partial charge in [0.2, 0.25) is 0 Å². The van der Waals surface area contributed by atoms with Crippen molar-refractivity contribution in [3.63, 3.8) is 0 Å². The number of nitrogens with zero attached hydrogens (tertiary/aromatic N) is 1. The Balaban J connectivity index is 1.76. The summed E-state index contributed by atoms with van der Waals surface area (Å²) < 4.78 is 0. The Kier molecular flexibility index (Phi) is 3.50. The standard InChI is InChI=1S/C10H17N3S/c1-8-5-13-10(14-8)7-12-9-3-2-4-11-6-9/h5,9,11-12H,2-4,6-7H2,1H3. The van der Waals surface area contributed by atoms with E-state index in [2.05, 4.69) is 22.5 Å². The molecule has 78 valence electrons. The van der Waals surface area contributed by atoms with Gasteiger partial charge in [-0.3, -0.25) is 0 Å². The van der Waals surface area contributed by atoms with Gasteiger partial charge in [-0.15, -0.1) is 11.3 Å². The number of nitrogens with one attached hydrogen (secondary N) is 2. The molecule has 14 heavy (non-hydrogen) atoms. The van der Waals surface area contributed by atoms with Crippen LogP contribution < -0.4 is 10.6 Å². The molecule has 2 rings (SSSR count). The van der Waals surface area contributed by atoms with E-state index in [1.165, 1.54) is 29.3 Å². The number of piperidine rings is 1. The van der Waals surface area contributed by atoms with Crippen LogP contribution in [0.4, 0.5) is 0 Å². The van der Waals surface area contributed by atoms with E-state index < -0.39 is 0 Å². The number of aromatic nitrogens is 1. The first-order valence-corrected chi connectivity index (χ1v) is 6.01. The average molecular weight is 211 g/mol. The van der Waals surface area contributed by atoms with E-state index in [4.69, 9.17) is 0 Å². The van der Waals surface area contributed by atoms with Crippen LogP contribution in [0, 0.1) is 6.92 Å². The molecule has 3 nitrogen and oxygen atoms in total. The Morgan fingerprint density at radius 1 is 1.71 bits per heavy atom. The Bertz CT molecular complexity index is 279. The molecule has 1 saturated heterocycles. The summed E-state index contributed by atoms with van der Waals surface area (Å²) in [5.41, 5.74) is 0. The first-order chi connectivity index (χ1) is 6.84. The lowest BCUT2D eigenvalue weighted by atomic mass is 10.1. The van der Waals surface area contributed by atoms with Crippen molar-refractivity contribution in [3.05, 3.63) is 16.1 Å². The predicted octanol–water partition coefficient (Wildman–Crippen LogP) is 1.29. The molecular formula is C10H17N3S. The monoisotopic (exact) mass is 211 g/mol. The van der Waals surface area contributed by atoms with Crippen molar-refractivity contribution < 1.29 is 0 Å². The molecule has 4 heteroatoms. The van der Waals surface area contributed by atoms with Gasteiger partial charge in [0.15, 0.2) is 0 Å². The summed E-state index contributed by atoms with van der Waals surface area (Å²) >= 11 is 1.78. The molecule has 0 spiro atoms. The SMILES string of the molecule is Cc1cnc(CNC2CCCNC2)s1. The summed E-state index contributed by atoms with van der Waals surface area (Å²) in [5.74, 6) is 0. The molecule has 1 unspecified atom stereocenters. The highest BCUT2D eigenvalue weighted by Crippen LogP contribution is 2.11. The van der Waals surface area contributed by atoms with Crippen LogP contribution in [0.1, 0.15) is 22.7 Å². The second kappa shape index (κ2) is 4.87. The Morgan fingerprint density at radius 2 is 2.64 bits per heavy atom. The largest absolute Gasteiger partial charge is 0.315 e. The summed E-state index contributed by atoms with van der Waals surface area (Å²) in [6, 6.07) is 0.632. The number of rotatable bonds is 3. The third-order valence-electron chi connectivity index (χ3n) is 2.51. The first-order valence-electron chi connectivity index (χ1n) is 5.20. The van der Waals surface area contributed by atoms with Gasteiger partial charge in [-0.2, -0.15) is 0 Å². The summed E-state index contributed by atoms with van der Waals surface area (Å²) in [4.78, 5) is 5.63. The molecule has 0 amide bonds. The minimum absolute atomic E-state index is 0.632. The molecule has 0 bridgehead atoms. The van der Waals surface area contributed by atoms with Crippen LogP contribution >= 0.6 is 11.3 Å². The molecule has 2 heterocycles. The average Bonchev–Trinajstić information content (AvgIpc) is 2.63. The highest BCUT2D eigenvalue weighted by Gasteiger charge is 2.12. The van der Waals surface area contributed by atoms with Crippen molar-refractivity contribution >= 4 is 11.3 Å². The van der Waals surface area contributed by atoms with E-state index in [0.29, 0.717) is 6.04 Å². The molecule has 1 fully saturated rings. The molecular weight excluding hydrogens is 194 g/mol. The van der Waals surface area contributed by atoms with Crippen LogP contribution in [0.2, 0.25) is 0 Å². The molecule has 0 aromatic carbocycles. The van der Waals surface area contributed by atoms with Crippen molar-refractivity contribution in [2.45, 2.75) is 32.4 Å². The minimum atomic E-state index is 0.632. The Labute approximate surface area is 88.9 Å². The van der Waals surface area contributed by atoms with E-state index in [1.54, 1.807) is 11.3 Å². The van der Waals surface area contributed by atoms with Gasteiger partial charge in [-0.1, -0.05) is 0 Å². The second-order valence-corrected chi connectivity index (χ2v) is 5.11. The zero-order chi connectivity index (χ0) is 9.80. The quantitative estimate of drug-likeness (QED) is 0.791. The van der Waals surface area contributed by atoms with Crippen LogP contribution in [0.3, 0.4) is 0 Å². The van der Waals surface area contributed by atoms with Crippen molar-refractivity contribution in [1.82, 2.24) is 15.6 Å². The van der Waals surface area contributed by atoms with E-state index in [0.717, 1.165) is 13.1 Å². The maximum absolute atomic E-state index is 4.34. The summed E-state index contributed by atoms with van der Waals surface area (Å²) in [6.07, 6.45) is 4.52. The number of hydrogen-bond acceptors (Lipinski definition) is 4. The molecule has 1 aromatic rings. The van der Waals surface area contributed by atoms with Crippen LogP contribution in [0.15, 0.2) is 6.20 Å². The highest BCUT2D eigenvalue weighted by molar-refractivity contribution is 7.11. The van der Waals surface area contributed by atoms with Gasteiger partial charge < -0.3 is 10.6 Å².